The van der Waals surface area contributed by atoms with E-state index in [0.717, 1.165) is 16.7 Å². The van der Waals surface area contributed by atoms with E-state index in [4.69, 9.17) is 0 Å². The van der Waals surface area contributed by atoms with Gasteiger partial charge in [0.05, 0.1) is 0 Å². The van der Waals surface area contributed by atoms with E-state index < -0.39 is 0 Å². The first-order valence-corrected chi connectivity index (χ1v) is 6.04. The van der Waals surface area contributed by atoms with E-state index in [9.17, 15) is 4.39 Å². The molecule has 0 heterocycles. The van der Waals surface area contributed by atoms with Crippen molar-refractivity contribution in [1.82, 2.24) is 0 Å². The molecular weight excluding hydrogens is 211 g/mol. The molecule has 94 valence electrons. The zero-order chi connectivity index (χ0) is 13.4. The van der Waals surface area contributed by atoms with Gasteiger partial charge in [0.15, 0.2) is 0 Å². The fourth-order valence-electron chi connectivity index (χ4n) is 1.98. The predicted molar refractivity (Wildman–Crippen MR) is 73.9 cm³/mol. The molecule has 0 saturated heterocycles. The molecule has 0 amide bonds. The van der Waals surface area contributed by atoms with Crippen LogP contribution in [0.4, 0.5) is 4.39 Å². The number of hydrogen-bond acceptors (Lipinski definition) is 0. The van der Waals surface area contributed by atoms with Crippen LogP contribution in [0.15, 0.2) is 18.7 Å². The smallest absolute Gasteiger partial charge is 0.127 e. The molecule has 0 bridgehead atoms. The second kappa shape index (κ2) is 4.29. The quantitative estimate of drug-likeness (QED) is 0.637. The summed E-state index contributed by atoms with van der Waals surface area (Å²) in [6.45, 7) is 16.2. The van der Waals surface area contributed by atoms with Gasteiger partial charge in [-0.2, -0.15) is 0 Å². The molecule has 0 aliphatic carbocycles. The predicted octanol–water partition coefficient (Wildman–Crippen LogP) is 5.06. The Kier molecular flexibility index (Phi) is 3.52. The van der Waals surface area contributed by atoms with E-state index in [-0.39, 0.29) is 16.6 Å². The van der Waals surface area contributed by atoms with Gasteiger partial charge in [0.2, 0.25) is 0 Å². The highest BCUT2D eigenvalue weighted by Gasteiger charge is 2.24. The maximum atomic E-state index is 14.2. The molecular formula is C16H23F. The van der Waals surface area contributed by atoms with Gasteiger partial charge in [-0.3, -0.25) is 0 Å². The summed E-state index contributed by atoms with van der Waals surface area (Å²) in [4.78, 5) is 0. The minimum absolute atomic E-state index is 0.0687. The molecule has 0 radical (unpaired) electrons. The third kappa shape index (κ3) is 2.96. The van der Waals surface area contributed by atoms with E-state index in [1.54, 1.807) is 6.07 Å². The van der Waals surface area contributed by atoms with Crippen LogP contribution in [-0.4, -0.2) is 0 Å². The van der Waals surface area contributed by atoms with Crippen molar-refractivity contribution in [1.29, 1.82) is 0 Å². The molecule has 0 aromatic heterocycles. The van der Waals surface area contributed by atoms with Gasteiger partial charge in [-0.1, -0.05) is 54.2 Å². The Morgan fingerprint density at radius 3 is 1.76 bits per heavy atom. The van der Waals surface area contributed by atoms with Gasteiger partial charge in [0, 0.05) is 0 Å². The summed E-state index contributed by atoms with van der Waals surface area (Å²) in [6, 6.07) is 3.60. The van der Waals surface area contributed by atoms with Crippen molar-refractivity contribution in [3.63, 3.8) is 0 Å². The van der Waals surface area contributed by atoms with Crippen LogP contribution in [0.5, 0.6) is 0 Å². The lowest BCUT2D eigenvalue weighted by molar-refractivity contribution is 0.513. The zero-order valence-corrected chi connectivity index (χ0v) is 11.8. The fraction of sp³-hybridized carbons (Fsp3) is 0.500. The Morgan fingerprint density at radius 2 is 1.41 bits per heavy atom. The van der Waals surface area contributed by atoms with Gasteiger partial charge in [-0.15, -0.1) is 0 Å². The Balaban J connectivity index is 3.51. The summed E-state index contributed by atoms with van der Waals surface area (Å²) in [5.74, 6) is -0.118. The molecule has 0 N–H and O–H groups in total. The van der Waals surface area contributed by atoms with Gasteiger partial charge < -0.3 is 0 Å². The summed E-state index contributed by atoms with van der Waals surface area (Å²) in [5, 5.41) is 0. The average Bonchev–Trinajstić information content (AvgIpc) is 2.14. The van der Waals surface area contributed by atoms with Crippen molar-refractivity contribution >= 4 is 6.08 Å². The third-order valence-corrected chi connectivity index (χ3v) is 2.98. The topological polar surface area (TPSA) is 0 Å². The minimum atomic E-state index is -0.182. The second-order valence-electron chi connectivity index (χ2n) is 6.62. The maximum Gasteiger partial charge on any atom is 0.127 e. The van der Waals surface area contributed by atoms with Crippen molar-refractivity contribution in [2.24, 2.45) is 0 Å². The summed E-state index contributed by atoms with van der Waals surface area (Å²) in [6.07, 6.45) is 1.81. The molecule has 0 aliphatic heterocycles. The Morgan fingerprint density at radius 1 is 0.941 bits per heavy atom. The molecule has 1 aromatic carbocycles. The van der Waals surface area contributed by atoms with Gasteiger partial charge >= 0.3 is 0 Å². The molecule has 1 heteroatoms. The minimum Gasteiger partial charge on any atom is -0.207 e. The van der Waals surface area contributed by atoms with E-state index in [0.29, 0.717) is 0 Å². The lowest BCUT2D eigenvalue weighted by Gasteiger charge is -2.26. The monoisotopic (exact) mass is 234 g/mol. The van der Waals surface area contributed by atoms with Crippen molar-refractivity contribution in [3.05, 3.63) is 41.2 Å². The molecule has 0 saturated carbocycles. The molecule has 1 aromatic rings. The Hall–Kier alpha value is -1.11. The van der Waals surface area contributed by atoms with E-state index in [1.165, 1.54) is 0 Å². The first kappa shape index (κ1) is 14.0. The van der Waals surface area contributed by atoms with E-state index >= 15 is 0 Å². The summed E-state index contributed by atoms with van der Waals surface area (Å²) in [7, 11) is 0. The first-order valence-electron chi connectivity index (χ1n) is 6.04. The first-order chi connectivity index (χ1) is 7.57. The van der Waals surface area contributed by atoms with Crippen molar-refractivity contribution in [2.45, 2.75) is 52.4 Å². The van der Waals surface area contributed by atoms with E-state index in [2.05, 4.69) is 27.4 Å². The van der Waals surface area contributed by atoms with Crippen LogP contribution in [0.1, 0.15) is 58.2 Å². The molecule has 0 aliphatic rings. The average molecular weight is 234 g/mol. The molecule has 17 heavy (non-hydrogen) atoms. The van der Waals surface area contributed by atoms with Crippen LogP contribution >= 0.6 is 0 Å². The summed E-state index contributed by atoms with van der Waals surface area (Å²) in [5.41, 5.74) is 2.54. The number of hydrogen-bond donors (Lipinski definition) is 0. The lowest BCUT2D eigenvalue weighted by Crippen LogP contribution is -2.18. The highest BCUT2D eigenvalue weighted by molar-refractivity contribution is 5.56. The number of benzene rings is 1. The van der Waals surface area contributed by atoms with Gasteiger partial charge in [0.25, 0.3) is 0 Å². The Bertz CT molecular complexity index is 428. The molecule has 0 atom stereocenters. The van der Waals surface area contributed by atoms with Crippen LogP contribution in [0.3, 0.4) is 0 Å². The second-order valence-corrected chi connectivity index (χ2v) is 6.62. The van der Waals surface area contributed by atoms with Crippen LogP contribution in [0.25, 0.3) is 6.08 Å². The van der Waals surface area contributed by atoms with Crippen molar-refractivity contribution in [2.75, 3.05) is 0 Å². The van der Waals surface area contributed by atoms with Crippen LogP contribution in [-0.2, 0) is 10.8 Å². The highest BCUT2D eigenvalue weighted by Crippen LogP contribution is 2.33. The lowest BCUT2D eigenvalue weighted by atomic mass is 9.79. The highest BCUT2D eigenvalue weighted by atomic mass is 19.1. The normalized spacial score (nSPS) is 12.6. The van der Waals surface area contributed by atoms with Gasteiger partial charge in [0.1, 0.15) is 5.82 Å². The molecule has 0 unspecified atom stereocenters. The summed E-state index contributed by atoms with van der Waals surface area (Å²) >= 11 is 0. The van der Waals surface area contributed by atoms with Crippen LogP contribution in [0, 0.1) is 5.82 Å². The molecule has 0 fully saturated rings. The maximum absolute atomic E-state index is 14.2. The Labute approximate surface area is 105 Å². The largest absolute Gasteiger partial charge is 0.207 e. The molecule has 0 nitrogen and oxygen atoms in total. The van der Waals surface area contributed by atoms with Gasteiger partial charge in [-0.05, 0) is 39.7 Å². The SMILES string of the molecule is C=Cc1cc(C(C)(C)C)c(F)cc1C(C)(C)C. The number of halogens is 1. The standard InChI is InChI=1S/C16H23F/c1-8-11-9-13(16(5,6)7)14(17)10-12(11)15(2,3)4/h8-10H,1H2,2-7H3. The third-order valence-electron chi connectivity index (χ3n) is 2.98. The summed E-state index contributed by atoms with van der Waals surface area (Å²) < 4.78 is 14.2. The van der Waals surface area contributed by atoms with Gasteiger partial charge in [-0.25, -0.2) is 4.39 Å². The molecule has 0 spiro atoms. The van der Waals surface area contributed by atoms with Crippen LogP contribution < -0.4 is 0 Å². The fourth-order valence-corrected chi connectivity index (χ4v) is 1.98. The zero-order valence-electron chi connectivity index (χ0n) is 11.8. The van der Waals surface area contributed by atoms with Crippen molar-refractivity contribution in [3.8, 4) is 0 Å². The van der Waals surface area contributed by atoms with Crippen molar-refractivity contribution < 1.29 is 4.39 Å². The molecule has 1 rings (SSSR count). The van der Waals surface area contributed by atoms with E-state index in [1.807, 2.05) is 32.9 Å². The van der Waals surface area contributed by atoms with Crippen LogP contribution in [0.2, 0.25) is 0 Å². The number of rotatable bonds is 1.